The summed E-state index contributed by atoms with van der Waals surface area (Å²) in [6, 6.07) is 2.80. The Hall–Kier alpha value is -5.17. The van der Waals surface area contributed by atoms with Crippen molar-refractivity contribution in [3.63, 3.8) is 0 Å². The van der Waals surface area contributed by atoms with E-state index in [1.54, 1.807) is 12.1 Å². The minimum Gasteiger partial charge on any atom is -0.481 e. The third-order valence-electron chi connectivity index (χ3n) is 7.33. The van der Waals surface area contributed by atoms with Gasteiger partial charge in [-0.15, -0.1) is 0 Å². The van der Waals surface area contributed by atoms with Crippen LogP contribution in [0.25, 0.3) is 0 Å². The van der Waals surface area contributed by atoms with Crippen LogP contribution in [0.4, 0.5) is 0 Å². The highest BCUT2D eigenvalue weighted by atomic mass is 32.2. The molecule has 4 amide bonds. The first-order valence-electron chi connectivity index (χ1n) is 15.8. The van der Waals surface area contributed by atoms with Gasteiger partial charge < -0.3 is 53.7 Å². The standard InChI is InChI=1S/C31H46N10O8S/c1-50-13-11-23(38-26(44)20(32)14-18-6-3-2-4-7-18)29(47)40-22(9-10-25(42)43)28(46)39-21(8-5-12-36-31(33)34)27(45)41-24(30(48)49)15-19-16-35-17-37-19/h2-4,6-7,16-17,20-24H,5,8-15,32H2,1H3,(H,35,37)(H,38,44)(H,39,46)(H,40,47)(H,41,45)(H,42,43)(H,48,49)(H4,33,34,36)/t20-,21-,22-,23-,24-/m0/s1. The molecular formula is C31H46N10O8S. The summed E-state index contributed by atoms with van der Waals surface area (Å²) in [5.41, 5.74) is 18.1. The lowest BCUT2D eigenvalue weighted by atomic mass is 10.0. The van der Waals surface area contributed by atoms with E-state index in [4.69, 9.17) is 17.2 Å². The number of imidazole rings is 1. The second-order valence-electron chi connectivity index (χ2n) is 11.3. The van der Waals surface area contributed by atoms with E-state index in [2.05, 4.69) is 36.2 Å². The van der Waals surface area contributed by atoms with E-state index in [1.807, 2.05) is 24.5 Å². The van der Waals surface area contributed by atoms with Crippen molar-refractivity contribution < 1.29 is 39.0 Å². The van der Waals surface area contributed by atoms with Gasteiger partial charge in [0.05, 0.1) is 12.4 Å². The van der Waals surface area contributed by atoms with Crippen LogP contribution in [0.3, 0.4) is 0 Å². The molecule has 13 N–H and O–H groups in total. The number of rotatable bonds is 23. The molecule has 0 radical (unpaired) electrons. The smallest absolute Gasteiger partial charge is 0.326 e. The SMILES string of the molecule is CSCC[C@H](NC(=O)[C@@H](N)Cc1ccccc1)C(=O)N[C@@H](CCC(=O)O)C(=O)N[C@@H](CCCN=C(N)N)C(=O)N[C@@H](Cc1cnc[nH]1)C(=O)O. The maximum Gasteiger partial charge on any atom is 0.326 e. The first-order chi connectivity index (χ1) is 23.8. The number of nitrogens with zero attached hydrogens (tertiary/aromatic N) is 2. The molecule has 0 unspecified atom stereocenters. The number of aliphatic imine (C=N–C) groups is 1. The van der Waals surface area contributed by atoms with E-state index in [9.17, 15) is 39.0 Å². The molecule has 0 saturated heterocycles. The lowest BCUT2D eigenvalue weighted by Gasteiger charge is -2.26. The summed E-state index contributed by atoms with van der Waals surface area (Å²) >= 11 is 1.42. The second-order valence-corrected chi connectivity index (χ2v) is 12.3. The minimum atomic E-state index is -1.45. The van der Waals surface area contributed by atoms with E-state index >= 15 is 0 Å². The largest absolute Gasteiger partial charge is 0.481 e. The number of nitrogens with two attached hydrogens (primary N) is 3. The number of aromatic amines is 1. The molecule has 0 aliphatic rings. The van der Waals surface area contributed by atoms with Gasteiger partial charge in [-0.1, -0.05) is 30.3 Å². The zero-order chi connectivity index (χ0) is 37.1. The van der Waals surface area contributed by atoms with Crippen molar-refractivity contribution in [2.45, 2.75) is 75.2 Å². The zero-order valence-corrected chi connectivity index (χ0v) is 28.5. The summed E-state index contributed by atoms with van der Waals surface area (Å²) < 4.78 is 0. The number of H-pyrrole nitrogens is 1. The Bertz CT molecular complexity index is 1440. The normalized spacial score (nSPS) is 13.8. The fraction of sp³-hybridized carbons (Fsp3) is 0.484. The number of aliphatic carboxylic acids is 2. The van der Waals surface area contributed by atoms with Crippen LogP contribution < -0.4 is 38.5 Å². The number of carbonyl (C=O) groups is 6. The molecule has 2 aromatic rings. The van der Waals surface area contributed by atoms with Gasteiger partial charge >= 0.3 is 11.9 Å². The van der Waals surface area contributed by atoms with Gasteiger partial charge in [-0.2, -0.15) is 11.8 Å². The predicted molar refractivity (Wildman–Crippen MR) is 186 cm³/mol. The maximum atomic E-state index is 13.6. The van der Waals surface area contributed by atoms with Gasteiger partial charge in [0.2, 0.25) is 23.6 Å². The molecule has 1 aromatic heterocycles. The topological polar surface area (TPSA) is 310 Å². The zero-order valence-electron chi connectivity index (χ0n) is 27.7. The Balaban J connectivity index is 2.24. The van der Waals surface area contributed by atoms with Crippen LogP contribution in [0, 0.1) is 0 Å². The number of hydrogen-bond acceptors (Lipinski definition) is 10. The summed E-state index contributed by atoms with van der Waals surface area (Å²) in [5.74, 6) is -5.43. The second kappa shape index (κ2) is 21.7. The van der Waals surface area contributed by atoms with E-state index < -0.39 is 72.2 Å². The highest BCUT2D eigenvalue weighted by Gasteiger charge is 2.32. The summed E-state index contributed by atoms with van der Waals surface area (Å²) in [6.45, 7) is 0.0842. The predicted octanol–water partition coefficient (Wildman–Crippen LogP) is -1.78. The molecule has 0 aliphatic heterocycles. The average Bonchev–Trinajstić information content (AvgIpc) is 3.59. The molecule has 0 spiro atoms. The highest BCUT2D eigenvalue weighted by Crippen LogP contribution is 2.09. The van der Waals surface area contributed by atoms with Crippen LogP contribution in [0.2, 0.25) is 0 Å². The van der Waals surface area contributed by atoms with Crippen molar-refractivity contribution in [1.29, 1.82) is 0 Å². The third-order valence-corrected chi connectivity index (χ3v) is 7.97. The molecule has 1 heterocycles. The number of carboxylic acids is 2. The van der Waals surface area contributed by atoms with Gasteiger partial charge in [-0.3, -0.25) is 29.0 Å². The number of nitrogens with one attached hydrogen (secondary N) is 5. The molecule has 274 valence electrons. The van der Waals surface area contributed by atoms with Crippen LogP contribution in [0.15, 0.2) is 47.8 Å². The number of hydrogen-bond donors (Lipinski definition) is 10. The van der Waals surface area contributed by atoms with Crippen molar-refractivity contribution in [2.75, 3.05) is 18.6 Å². The molecule has 0 fully saturated rings. The molecule has 19 heteroatoms. The molecular weight excluding hydrogens is 672 g/mol. The number of amides is 4. The Morgan fingerprint density at radius 1 is 0.840 bits per heavy atom. The Morgan fingerprint density at radius 2 is 1.42 bits per heavy atom. The number of carboxylic acid groups (broad SMARTS) is 2. The van der Waals surface area contributed by atoms with Gasteiger partial charge in [-0.25, -0.2) is 9.78 Å². The molecule has 0 saturated carbocycles. The first-order valence-corrected chi connectivity index (χ1v) is 17.2. The van der Waals surface area contributed by atoms with Gasteiger partial charge in [-0.05, 0) is 49.7 Å². The van der Waals surface area contributed by atoms with Crippen molar-refractivity contribution in [3.8, 4) is 0 Å². The van der Waals surface area contributed by atoms with E-state index in [0.717, 1.165) is 5.56 Å². The van der Waals surface area contributed by atoms with E-state index in [1.165, 1.54) is 24.3 Å². The van der Waals surface area contributed by atoms with Gasteiger partial charge in [0.15, 0.2) is 5.96 Å². The van der Waals surface area contributed by atoms with Gasteiger partial charge in [0.25, 0.3) is 0 Å². The molecule has 2 rings (SSSR count). The number of aromatic nitrogens is 2. The van der Waals surface area contributed by atoms with Crippen molar-refractivity contribution in [1.82, 2.24) is 31.2 Å². The van der Waals surface area contributed by atoms with Crippen LogP contribution in [-0.2, 0) is 41.6 Å². The third kappa shape index (κ3) is 15.4. The quantitative estimate of drug-likeness (QED) is 0.0346. The Labute approximate surface area is 293 Å². The Morgan fingerprint density at radius 3 is 1.96 bits per heavy atom. The van der Waals surface area contributed by atoms with E-state index in [-0.39, 0.29) is 51.0 Å². The fourth-order valence-corrected chi connectivity index (χ4v) is 5.16. The van der Waals surface area contributed by atoms with Crippen molar-refractivity contribution in [2.24, 2.45) is 22.2 Å². The number of carbonyl (C=O) groups excluding carboxylic acids is 4. The molecule has 50 heavy (non-hydrogen) atoms. The summed E-state index contributed by atoms with van der Waals surface area (Å²) in [5, 5.41) is 29.1. The molecule has 0 aliphatic carbocycles. The fourth-order valence-electron chi connectivity index (χ4n) is 4.69. The monoisotopic (exact) mass is 718 g/mol. The van der Waals surface area contributed by atoms with Crippen molar-refractivity contribution >= 4 is 53.3 Å². The number of thioether (sulfide) groups is 1. The van der Waals surface area contributed by atoms with E-state index in [0.29, 0.717) is 11.4 Å². The van der Waals surface area contributed by atoms with Crippen LogP contribution >= 0.6 is 11.8 Å². The first kappa shape index (κ1) is 41.0. The Kier molecular flexibility index (Phi) is 17.8. The molecule has 18 nitrogen and oxygen atoms in total. The number of guanidine groups is 1. The summed E-state index contributed by atoms with van der Waals surface area (Å²) in [4.78, 5) is 87.3. The molecule has 5 atom stereocenters. The van der Waals surface area contributed by atoms with Crippen LogP contribution in [-0.4, -0.2) is 110 Å². The summed E-state index contributed by atoms with van der Waals surface area (Å²) in [7, 11) is 0. The maximum absolute atomic E-state index is 13.6. The van der Waals surface area contributed by atoms with Crippen molar-refractivity contribution in [3.05, 3.63) is 54.1 Å². The lowest BCUT2D eigenvalue weighted by Crippen LogP contribution is -2.58. The van der Waals surface area contributed by atoms with Gasteiger partial charge in [0, 0.05) is 31.3 Å². The van der Waals surface area contributed by atoms with Crippen LogP contribution in [0.1, 0.15) is 43.4 Å². The van der Waals surface area contributed by atoms with Gasteiger partial charge in [0.1, 0.15) is 24.2 Å². The molecule has 1 aromatic carbocycles. The average molecular weight is 719 g/mol. The van der Waals surface area contributed by atoms with Crippen LogP contribution in [0.5, 0.6) is 0 Å². The minimum absolute atomic E-state index is 0.0456. The summed E-state index contributed by atoms with van der Waals surface area (Å²) in [6.07, 6.45) is 4.08. The number of benzene rings is 1. The molecule has 0 bridgehead atoms. The highest BCUT2D eigenvalue weighted by molar-refractivity contribution is 7.98. The lowest BCUT2D eigenvalue weighted by molar-refractivity contribution is -0.142.